The summed E-state index contributed by atoms with van der Waals surface area (Å²) >= 11 is 0. The third-order valence-corrected chi connectivity index (χ3v) is 2.53. The van der Waals surface area contributed by atoms with Crippen molar-refractivity contribution in [2.75, 3.05) is 18.4 Å². The highest BCUT2D eigenvalue weighted by Crippen LogP contribution is 2.28. The van der Waals surface area contributed by atoms with E-state index >= 15 is 0 Å². The topological polar surface area (TPSA) is 75.3 Å². The minimum absolute atomic E-state index is 0.200. The predicted molar refractivity (Wildman–Crippen MR) is 69.6 cm³/mol. The smallest absolute Gasteiger partial charge is 0.335 e. The Bertz CT molecular complexity index is 408. The van der Waals surface area contributed by atoms with Gasteiger partial charge in [-0.2, -0.15) is 0 Å². The summed E-state index contributed by atoms with van der Waals surface area (Å²) in [5, 5.41) is 12.3. The third-order valence-electron chi connectivity index (χ3n) is 2.53. The van der Waals surface area contributed by atoms with Gasteiger partial charge in [-0.3, -0.25) is 0 Å². The SMILES string of the molecule is CC(C)(C)c1cc(NCCN)ccc1C(=O)O. The molecule has 1 rings (SSSR count). The molecule has 4 heteroatoms. The normalized spacial score (nSPS) is 11.3. The summed E-state index contributed by atoms with van der Waals surface area (Å²) in [4.78, 5) is 11.2. The lowest BCUT2D eigenvalue weighted by molar-refractivity contribution is 0.0694. The molecule has 0 aliphatic heterocycles. The van der Waals surface area contributed by atoms with Gasteiger partial charge in [0.25, 0.3) is 0 Å². The maximum absolute atomic E-state index is 11.2. The van der Waals surface area contributed by atoms with Gasteiger partial charge in [0.2, 0.25) is 0 Å². The zero-order chi connectivity index (χ0) is 13.1. The Morgan fingerprint density at radius 2 is 2.06 bits per heavy atom. The van der Waals surface area contributed by atoms with E-state index in [1.54, 1.807) is 12.1 Å². The largest absolute Gasteiger partial charge is 0.478 e. The van der Waals surface area contributed by atoms with Crippen molar-refractivity contribution in [2.45, 2.75) is 26.2 Å². The summed E-state index contributed by atoms with van der Waals surface area (Å²) in [5.74, 6) is -0.889. The molecule has 4 N–H and O–H groups in total. The highest BCUT2D eigenvalue weighted by molar-refractivity contribution is 5.90. The van der Waals surface area contributed by atoms with E-state index in [1.807, 2.05) is 26.8 Å². The fourth-order valence-corrected chi connectivity index (χ4v) is 1.68. The van der Waals surface area contributed by atoms with Gasteiger partial charge in [0.1, 0.15) is 0 Å². The summed E-state index contributed by atoms with van der Waals surface area (Å²) in [6.45, 7) is 7.23. The van der Waals surface area contributed by atoms with Crippen molar-refractivity contribution in [1.29, 1.82) is 0 Å². The molecular weight excluding hydrogens is 216 g/mol. The number of anilines is 1. The summed E-state index contributed by atoms with van der Waals surface area (Å²) < 4.78 is 0. The molecule has 94 valence electrons. The Hall–Kier alpha value is -1.55. The molecule has 1 aromatic rings. The molecule has 0 aliphatic carbocycles. The zero-order valence-electron chi connectivity index (χ0n) is 10.6. The van der Waals surface area contributed by atoms with Crippen LogP contribution in [-0.4, -0.2) is 24.2 Å². The number of carboxylic acid groups (broad SMARTS) is 1. The maximum Gasteiger partial charge on any atom is 0.335 e. The summed E-state index contributed by atoms with van der Waals surface area (Å²) in [5.41, 5.74) is 7.31. The molecule has 0 bridgehead atoms. The zero-order valence-corrected chi connectivity index (χ0v) is 10.6. The highest BCUT2D eigenvalue weighted by atomic mass is 16.4. The quantitative estimate of drug-likeness (QED) is 0.748. The number of hydrogen-bond acceptors (Lipinski definition) is 3. The molecule has 0 fully saturated rings. The Balaban J connectivity index is 3.15. The van der Waals surface area contributed by atoms with E-state index in [4.69, 9.17) is 10.8 Å². The number of benzene rings is 1. The first-order chi connectivity index (χ1) is 7.86. The third kappa shape index (κ3) is 3.46. The van der Waals surface area contributed by atoms with Gasteiger partial charge < -0.3 is 16.2 Å². The van der Waals surface area contributed by atoms with Crippen molar-refractivity contribution in [3.63, 3.8) is 0 Å². The molecule has 0 radical (unpaired) electrons. The lowest BCUT2D eigenvalue weighted by Crippen LogP contribution is -2.18. The molecule has 0 saturated heterocycles. The first-order valence-electron chi connectivity index (χ1n) is 5.68. The first kappa shape index (κ1) is 13.5. The first-order valence-corrected chi connectivity index (χ1v) is 5.68. The second-order valence-electron chi connectivity index (χ2n) is 5.03. The van der Waals surface area contributed by atoms with Gasteiger partial charge in [0.05, 0.1) is 5.56 Å². The van der Waals surface area contributed by atoms with Crippen LogP contribution < -0.4 is 11.1 Å². The van der Waals surface area contributed by atoms with Crippen LogP contribution in [0.2, 0.25) is 0 Å². The lowest BCUT2D eigenvalue weighted by atomic mass is 9.83. The van der Waals surface area contributed by atoms with Crippen LogP contribution in [0.4, 0.5) is 5.69 Å². The van der Waals surface area contributed by atoms with Crippen LogP contribution in [0.5, 0.6) is 0 Å². The number of nitrogens with one attached hydrogen (secondary N) is 1. The number of rotatable bonds is 4. The van der Waals surface area contributed by atoms with Crippen LogP contribution in [0.25, 0.3) is 0 Å². The van der Waals surface area contributed by atoms with Crippen molar-refractivity contribution < 1.29 is 9.90 Å². The van der Waals surface area contributed by atoms with Crippen LogP contribution >= 0.6 is 0 Å². The predicted octanol–water partition coefficient (Wildman–Crippen LogP) is 2.05. The summed E-state index contributed by atoms with van der Waals surface area (Å²) in [6.07, 6.45) is 0. The molecule has 0 aliphatic rings. The molecule has 0 atom stereocenters. The van der Waals surface area contributed by atoms with Gasteiger partial charge in [-0.05, 0) is 29.2 Å². The molecule has 0 saturated carbocycles. The van der Waals surface area contributed by atoms with Gasteiger partial charge >= 0.3 is 5.97 Å². The fourth-order valence-electron chi connectivity index (χ4n) is 1.68. The van der Waals surface area contributed by atoms with Crippen LogP contribution in [0.3, 0.4) is 0 Å². The minimum atomic E-state index is -0.889. The average Bonchev–Trinajstić information content (AvgIpc) is 2.24. The Labute approximate surface area is 102 Å². The maximum atomic E-state index is 11.2. The van der Waals surface area contributed by atoms with Crippen molar-refractivity contribution >= 4 is 11.7 Å². The van der Waals surface area contributed by atoms with E-state index in [2.05, 4.69) is 5.32 Å². The van der Waals surface area contributed by atoms with Crippen LogP contribution in [0.15, 0.2) is 18.2 Å². The second-order valence-corrected chi connectivity index (χ2v) is 5.03. The van der Waals surface area contributed by atoms with Gasteiger partial charge in [-0.15, -0.1) is 0 Å². The summed E-state index contributed by atoms with van der Waals surface area (Å²) in [6, 6.07) is 5.30. The molecule has 0 amide bonds. The van der Waals surface area contributed by atoms with Gasteiger partial charge in [-0.1, -0.05) is 20.8 Å². The van der Waals surface area contributed by atoms with E-state index in [0.717, 1.165) is 11.3 Å². The van der Waals surface area contributed by atoms with Gasteiger partial charge in [0, 0.05) is 18.8 Å². The lowest BCUT2D eigenvalue weighted by Gasteiger charge is -2.22. The number of aromatic carboxylic acids is 1. The number of carboxylic acids is 1. The van der Waals surface area contributed by atoms with E-state index in [0.29, 0.717) is 18.7 Å². The Morgan fingerprint density at radius 1 is 1.41 bits per heavy atom. The monoisotopic (exact) mass is 236 g/mol. The van der Waals surface area contributed by atoms with E-state index in [-0.39, 0.29) is 5.41 Å². The van der Waals surface area contributed by atoms with Crippen LogP contribution in [0.1, 0.15) is 36.7 Å². The second kappa shape index (κ2) is 5.19. The Morgan fingerprint density at radius 3 is 2.53 bits per heavy atom. The van der Waals surface area contributed by atoms with Gasteiger partial charge in [0.15, 0.2) is 0 Å². The Kier molecular flexibility index (Phi) is 4.12. The van der Waals surface area contributed by atoms with E-state index in [1.165, 1.54) is 0 Å². The molecule has 1 aromatic carbocycles. The van der Waals surface area contributed by atoms with Crippen LogP contribution in [-0.2, 0) is 5.41 Å². The molecule has 17 heavy (non-hydrogen) atoms. The molecule has 0 aromatic heterocycles. The van der Waals surface area contributed by atoms with Crippen LogP contribution in [0, 0.1) is 0 Å². The fraction of sp³-hybridized carbons (Fsp3) is 0.462. The van der Waals surface area contributed by atoms with Crippen molar-refractivity contribution in [3.8, 4) is 0 Å². The highest BCUT2D eigenvalue weighted by Gasteiger charge is 2.21. The van der Waals surface area contributed by atoms with Gasteiger partial charge in [-0.25, -0.2) is 4.79 Å². The van der Waals surface area contributed by atoms with E-state index in [9.17, 15) is 4.79 Å². The number of nitrogens with two attached hydrogens (primary N) is 1. The van der Waals surface area contributed by atoms with Crippen molar-refractivity contribution in [3.05, 3.63) is 29.3 Å². The average molecular weight is 236 g/mol. The van der Waals surface area contributed by atoms with Crippen molar-refractivity contribution in [2.24, 2.45) is 5.73 Å². The van der Waals surface area contributed by atoms with Crippen molar-refractivity contribution in [1.82, 2.24) is 0 Å². The molecule has 0 heterocycles. The molecule has 0 unspecified atom stereocenters. The van der Waals surface area contributed by atoms with E-state index < -0.39 is 5.97 Å². The summed E-state index contributed by atoms with van der Waals surface area (Å²) in [7, 11) is 0. The number of carbonyl (C=O) groups is 1. The standard InChI is InChI=1S/C13H20N2O2/c1-13(2,3)11-8-9(15-7-6-14)4-5-10(11)12(16)17/h4-5,8,15H,6-7,14H2,1-3H3,(H,16,17). The molecular formula is C13H20N2O2. The molecule has 4 nitrogen and oxygen atoms in total. The molecule has 0 spiro atoms. The minimum Gasteiger partial charge on any atom is -0.478 e. The number of hydrogen-bond donors (Lipinski definition) is 3.